The fourth-order valence-electron chi connectivity index (χ4n) is 2.02. The second-order valence-electron chi connectivity index (χ2n) is 4.52. The molecule has 1 heterocycles. The van der Waals surface area contributed by atoms with Crippen LogP contribution in [0.3, 0.4) is 0 Å². The number of aromatic nitrogens is 3. The Morgan fingerprint density at radius 1 is 1.33 bits per heavy atom. The first-order valence-electron chi connectivity index (χ1n) is 6.55. The minimum Gasteiger partial charge on any atom is -0.476 e. The molecular formula is C14H16ClN3O3. The highest BCUT2D eigenvalue weighted by molar-refractivity contribution is 6.30. The first-order valence-corrected chi connectivity index (χ1v) is 6.93. The Labute approximate surface area is 127 Å². The van der Waals surface area contributed by atoms with Crippen molar-refractivity contribution in [2.24, 2.45) is 0 Å². The minimum absolute atomic E-state index is 0.0518. The van der Waals surface area contributed by atoms with Crippen molar-refractivity contribution < 1.29 is 14.6 Å². The van der Waals surface area contributed by atoms with Gasteiger partial charge >= 0.3 is 5.97 Å². The molecule has 1 N–H and O–H groups in total. The lowest BCUT2D eigenvalue weighted by Crippen LogP contribution is -2.06. The molecule has 1 aromatic carbocycles. The van der Waals surface area contributed by atoms with Crippen molar-refractivity contribution in [2.45, 2.75) is 19.4 Å². The number of benzene rings is 1. The number of hydrogen-bond acceptors (Lipinski definition) is 4. The molecule has 0 saturated carbocycles. The third-order valence-electron chi connectivity index (χ3n) is 3.02. The third-order valence-corrected chi connectivity index (χ3v) is 3.28. The molecule has 0 radical (unpaired) electrons. The summed E-state index contributed by atoms with van der Waals surface area (Å²) in [7, 11) is 1.65. The van der Waals surface area contributed by atoms with Crippen molar-refractivity contribution in [3.63, 3.8) is 0 Å². The van der Waals surface area contributed by atoms with E-state index < -0.39 is 5.97 Å². The summed E-state index contributed by atoms with van der Waals surface area (Å²) in [6.45, 7) is 1.25. The quantitative estimate of drug-likeness (QED) is 0.796. The predicted octanol–water partition coefficient (Wildman–Crippen LogP) is 2.72. The van der Waals surface area contributed by atoms with Crippen LogP contribution in [0.2, 0.25) is 5.02 Å². The molecule has 0 saturated heterocycles. The number of rotatable bonds is 7. The van der Waals surface area contributed by atoms with E-state index in [2.05, 4.69) is 10.3 Å². The lowest BCUT2D eigenvalue weighted by molar-refractivity contribution is 0.0691. The van der Waals surface area contributed by atoms with Gasteiger partial charge in [0.05, 0.1) is 0 Å². The van der Waals surface area contributed by atoms with Crippen LogP contribution in [0.1, 0.15) is 23.3 Å². The molecule has 2 aromatic rings. The van der Waals surface area contributed by atoms with Crippen molar-refractivity contribution in [2.75, 3.05) is 13.7 Å². The van der Waals surface area contributed by atoms with Gasteiger partial charge in [0.15, 0.2) is 5.69 Å². The highest BCUT2D eigenvalue weighted by Gasteiger charge is 2.20. The molecule has 7 heteroatoms. The van der Waals surface area contributed by atoms with Gasteiger partial charge in [-0.25, -0.2) is 9.48 Å². The minimum atomic E-state index is -1.09. The summed E-state index contributed by atoms with van der Waals surface area (Å²) in [6.07, 6.45) is 1.70. The van der Waals surface area contributed by atoms with Gasteiger partial charge in [-0.2, -0.15) is 0 Å². The average Bonchev–Trinajstić information content (AvgIpc) is 2.88. The zero-order valence-electron chi connectivity index (χ0n) is 11.6. The lowest BCUT2D eigenvalue weighted by Gasteiger charge is -2.07. The van der Waals surface area contributed by atoms with Gasteiger partial charge in [-0.3, -0.25) is 0 Å². The van der Waals surface area contributed by atoms with Gasteiger partial charge in [-0.1, -0.05) is 28.9 Å². The van der Waals surface area contributed by atoms with Crippen LogP contribution >= 0.6 is 11.6 Å². The molecular weight excluding hydrogens is 294 g/mol. The molecule has 0 atom stereocenters. The average molecular weight is 310 g/mol. The number of carboxylic acids is 1. The fraction of sp³-hybridized carbons (Fsp3) is 0.357. The van der Waals surface area contributed by atoms with Gasteiger partial charge in [0, 0.05) is 30.8 Å². The maximum atomic E-state index is 11.3. The topological polar surface area (TPSA) is 77.2 Å². The number of unbranched alkanes of at least 4 members (excludes halogenated alkanes) is 1. The third kappa shape index (κ3) is 3.80. The second kappa shape index (κ2) is 7.19. The molecule has 112 valence electrons. The molecule has 0 fully saturated rings. The molecule has 0 spiro atoms. The van der Waals surface area contributed by atoms with Gasteiger partial charge in [0.2, 0.25) is 0 Å². The number of nitrogens with zero attached hydrogens (tertiary/aromatic N) is 3. The largest absolute Gasteiger partial charge is 0.476 e. The van der Waals surface area contributed by atoms with Gasteiger partial charge in [-0.05, 0) is 25.0 Å². The smallest absolute Gasteiger partial charge is 0.358 e. The van der Waals surface area contributed by atoms with E-state index in [1.165, 1.54) is 0 Å². The monoisotopic (exact) mass is 309 g/mol. The molecule has 0 aliphatic carbocycles. The Hall–Kier alpha value is -1.92. The molecule has 0 bridgehead atoms. The van der Waals surface area contributed by atoms with E-state index in [4.69, 9.17) is 16.3 Å². The zero-order chi connectivity index (χ0) is 15.2. The molecule has 1 aromatic heterocycles. The van der Waals surface area contributed by atoms with E-state index in [1.807, 2.05) is 0 Å². The van der Waals surface area contributed by atoms with Crippen molar-refractivity contribution in [1.82, 2.24) is 15.0 Å². The van der Waals surface area contributed by atoms with E-state index >= 15 is 0 Å². The number of carboxylic acid groups (broad SMARTS) is 1. The lowest BCUT2D eigenvalue weighted by atomic mass is 10.1. The summed E-state index contributed by atoms with van der Waals surface area (Å²) in [4.78, 5) is 11.3. The van der Waals surface area contributed by atoms with Crippen LogP contribution in [0.15, 0.2) is 24.3 Å². The second-order valence-corrected chi connectivity index (χ2v) is 4.96. The number of carbonyl (C=O) groups is 1. The fourth-order valence-corrected chi connectivity index (χ4v) is 2.14. The van der Waals surface area contributed by atoms with Crippen LogP contribution in [0.4, 0.5) is 0 Å². The summed E-state index contributed by atoms with van der Waals surface area (Å²) in [5, 5.41) is 17.5. The number of aromatic carboxylic acids is 1. The highest BCUT2D eigenvalue weighted by Crippen LogP contribution is 2.24. The number of halogens is 1. The Morgan fingerprint density at radius 2 is 2.05 bits per heavy atom. The Kier molecular flexibility index (Phi) is 5.30. The van der Waals surface area contributed by atoms with Crippen molar-refractivity contribution >= 4 is 17.6 Å². The van der Waals surface area contributed by atoms with Crippen LogP contribution in [0.5, 0.6) is 0 Å². The summed E-state index contributed by atoms with van der Waals surface area (Å²) in [5.74, 6) is -1.09. The van der Waals surface area contributed by atoms with Crippen LogP contribution in [-0.4, -0.2) is 39.8 Å². The van der Waals surface area contributed by atoms with Gasteiger partial charge in [0.1, 0.15) is 5.69 Å². The number of aryl methyl sites for hydroxylation is 1. The first-order chi connectivity index (χ1) is 10.1. The number of methoxy groups -OCH3 is 1. The van der Waals surface area contributed by atoms with E-state index in [1.54, 1.807) is 36.1 Å². The normalized spacial score (nSPS) is 10.8. The molecule has 0 amide bonds. The van der Waals surface area contributed by atoms with E-state index in [0.717, 1.165) is 18.4 Å². The van der Waals surface area contributed by atoms with Crippen molar-refractivity contribution in [3.8, 4) is 11.3 Å². The Bertz CT molecular complexity index is 610. The Morgan fingerprint density at radius 3 is 2.67 bits per heavy atom. The van der Waals surface area contributed by atoms with Crippen molar-refractivity contribution in [1.29, 1.82) is 0 Å². The first kappa shape index (κ1) is 15.5. The molecule has 0 aliphatic rings. The van der Waals surface area contributed by atoms with Crippen LogP contribution in [-0.2, 0) is 11.3 Å². The van der Waals surface area contributed by atoms with Crippen LogP contribution in [0, 0.1) is 0 Å². The summed E-state index contributed by atoms with van der Waals surface area (Å²) >= 11 is 5.87. The maximum Gasteiger partial charge on any atom is 0.358 e. The Balaban J connectivity index is 2.29. The molecule has 6 nitrogen and oxygen atoms in total. The predicted molar refractivity (Wildman–Crippen MR) is 78.5 cm³/mol. The van der Waals surface area contributed by atoms with Gasteiger partial charge in [-0.15, -0.1) is 5.10 Å². The molecule has 0 aliphatic heterocycles. The van der Waals surface area contributed by atoms with Gasteiger partial charge < -0.3 is 9.84 Å². The summed E-state index contributed by atoms with van der Waals surface area (Å²) in [6, 6.07) is 6.95. The number of hydrogen-bond donors (Lipinski definition) is 1. The van der Waals surface area contributed by atoms with Gasteiger partial charge in [0.25, 0.3) is 0 Å². The van der Waals surface area contributed by atoms with Crippen LogP contribution in [0.25, 0.3) is 11.3 Å². The molecule has 21 heavy (non-hydrogen) atoms. The summed E-state index contributed by atoms with van der Waals surface area (Å²) in [5.41, 5.74) is 1.18. The maximum absolute atomic E-state index is 11.3. The zero-order valence-corrected chi connectivity index (χ0v) is 12.4. The SMILES string of the molecule is COCCCCn1nnc(C(=O)O)c1-c1ccc(Cl)cc1. The molecule has 2 rings (SSSR count). The van der Waals surface area contributed by atoms with E-state index in [-0.39, 0.29) is 5.69 Å². The summed E-state index contributed by atoms with van der Waals surface area (Å²) < 4.78 is 6.61. The highest BCUT2D eigenvalue weighted by atomic mass is 35.5. The van der Waals surface area contributed by atoms with E-state index in [9.17, 15) is 9.90 Å². The van der Waals surface area contributed by atoms with Crippen LogP contribution < -0.4 is 0 Å². The standard InChI is InChI=1S/C14H16ClN3O3/c1-21-9-3-2-8-18-13(12(14(19)20)16-17-18)10-4-6-11(15)7-5-10/h4-7H,2-3,8-9H2,1H3,(H,19,20). The number of ether oxygens (including phenoxy) is 1. The van der Waals surface area contributed by atoms with E-state index in [0.29, 0.717) is 23.9 Å². The molecule has 0 unspecified atom stereocenters. The van der Waals surface area contributed by atoms with Crippen molar-refractivity contribution in [3.05, 3.63) is 35.0 Å².